The van der Waals surface area contributed by atoms with E-state index in [0.29, 0.717) is 17.9 Å². The van der Waals surface area contributed by atoms with Crippen LogP contribution in [0.2, 0.25) is 0 Å². The molecule has 0 N–H and O–H groups in total. The van der Waals surface area contributed by atoms with Gasteiger partial charge in [-0.05, 0) is 32.9 Å². The van der Waals surface area contributed by atoms with E-state index in [1.54, 1.807) is 36.1 Å². The molecule has 1 aromatic carbocycles. The molecular formula is C16H19N3O2. The van der Waals surface area contributed by atoms with Crippen LogP contribution in [-0.2, 0) is 4.79 Å². The topological polar surface area (TPSA) is 77.1 Å². The van der Waals surface area contributed by atoms with Gasteiger partial charge in [0.25, 0.3) is 5.91 Å². The van der Waals surface area contributed by atoms with Crippen LogP contribution in [0.5, 0.6) is 5.75 Å². The number of amides is 1. The molecule has 0 saturated carbocycles. The molecule has 0 aromatic heterocycles. The van der Waals surface area contributed by atoms with Crippen LogP contribution in [0.25, 0.3) is 0 Å². The zero-order chi connectivity index (χ0) is 15.8. The quantitative estimate of drug-likeness (QED) is 0.804. The first kappa shape index (κ1) is 16.5. The number of hydrogen-bond acceptors (Lipinski definition) is 4. The fourth-order valence-corrected chi connectivity index (χ4v) is 1.93. The number of benzene rings is 1. The zero-order valence-corrected chi connectivity index (χ0v) is 12.5. The zero-order valence-electron chi connectivity index (χ0n) is 12.5. The van der Waals surface area contributed by atoms with Crippen LogP contribution >= 0.6 is 0 Å². The number of carbonyl (C=O) groups is 1. The van der Waals surface area contributed by atoms with Crippen LogP contribution < -0.4 is 4.74 Å². The monoisotopic (exact) mass is 285 g/mol. The third-order valence-electron chi connectivity index (χ3n) is 3.03. The highest BCUT2D eigenvalue weighted by Crippen LogP contribution is 2.19. The molecule has 0 aliphatic rings. The van der Waals surface area contributed by atoms with Crippen molar-refractivity contribution in [3.8, 4) is 17.9 Å². The molecule has 0 unspecified atom stereocenters. The molecule has 0 aliphatic carbocycles. The van der Waals surface area contributed by atoms with Gasteiger partial charge < -0.3 is 9.64 Å². The van der Waals surface area contributed by atoms with Gasteiger partial charge in [-0.15, -0.1) is 0 Å². The van der Waals surface area contributed by atoms with E-state index in [2.05, 4.69) is 0 Å². The summed E-state index contributed by atoms with van der Waals surface area (Å²) in [5, 5.41) is 17.7. The minimum absolute atomic E-state index is 0.0110. The third-order valence-corrected chi connectivity index (χ3v) is 3.03. The van der Waals surface area contributed by atoms with Gasteiger partial charge in [0.1, 0.15) is 11.8 Å². The van der Waals surface area contributed by atoms with E-state index in [-0.39, 0.29) is 18.4 Å². The molecule has 0 heterocycles. The van der Waals surface area contributed by atoms with Crippen LogP contribution in [0.3, 0.4) is 0 Å². The van der Waals surface area contributed by atoms with Gasteiger partial charge in [0.05, 0.1) is 18.1 Å². The lowest BCUT2D eigenvalue weighted by atomic mass is 10.2. The molecule has 1 rings (SSSR count). The van der Waals surface area contributed by atoms with Gasteiger partial charge in [0.2, 0.25) is 0 Å². The summed E-state index contributed by atoms with van der Waals surface area (Å²) in [6.45, 7) is 5.81. The van der Waals surface area contributed by atoms with Crippen molar-refractivity contribution in [1.82, 2.24) is 4.90 Å². The van der Waals surface area contributed by atoms with Crippen LogP contribution in [-0.4, -0.2) is 29.5 Å². The van der Waals surface area contributed by atoms with Gasteiger partial charge in [-0.25, -0.2) is 0 Å². The molecule has 1 aromatic rings. The highest BCUT2D eigenvalue weighted by molar-refractivity contribution is 5.81. The molecule has 0 saturated heterocycles. The summed E-state index contributed by atoms with van der Waals surface area (Å²) in [6, 6.07) is 10.9. The first-order valence-corrected chi connectivity index (χ1v) is 6.84. The van der Waals surface area contributed by atoms with Gasteiger partial charge >= 0.3 is 0 Å². The van der Waals surface area contributed by atoms with Crippen molar-refractivity contribution in [1.29, 1.82) is 10.5 Å². The Bertz CT molecular complexity index is 570. The smallest absolute Gasteiger partial charge is 0.263 e. The average Bonchev–Trinajstić information content (AvgIpc) is 2.47. The van der Waals surface area contributed by atoms with Crippen molar-refractivity contribution in [2.75, 3.05) is 6.54 Å². The average molecular weight is 285 g/mol. The van der Waals surface area contributed by atoms with E-state index in [4.69, 9.17) is 15.3 Å². The Morgan fingerprint density at radius 1 is 1.29 bits per heavy atom. The second-order valence-corrected chi connectivity index (χ2v) is 4.90. The second kappa shape index (κ2) is 7.91. The lowest BCUT2D eigenvalue weighted by Gasteiger charge is -2.29. The maximum atomic E-state index is 12.4. The number of ether oxygens (including phenoxy) is 1. The van der Waals surface area contributed by atoms with Crippen molar-refractivity contribution < 1.29 is 9.53 Å². The summed E-state index contributed by atoms with van der Waals surface area (Å²) >= 11 is 0. The molecule has 21 heavy (non-hydrogen) atoms. The van der Waals surface area contributed by atoms with Crippen LogP contribution in [0.4, 0.5) is 0 Å². The largest absolute Gasteiger partial charge is 0.480 e. The van der Waals surface area contributed by atoms with Crippen molar-refractivity contribution in [3.63, 3.8) is 0 Å². The molecule has 110 valence electrons. The van der Waals surface area contributed by atoms with E-state index >= 15 is 0 Å². The van der Waals surface area contributed by atoms with Crippen LogP contribution in [0.15, 0.2) is 24.3 Å². The standard InChI is InChI=1S/C16H19N3O2/c1-12(2)19(10-6-9-17)16(20)13(3)21-15-8-5-4-7-14(15)11-18/h4-5,7-8,12-13H,6,10H2,1-3H3/t13-/m1/s1. The Morgan fingerprint density at radius 2 is 1.95 bits per heavy atom. The van der Waals surface area contributed by atoms with E-state index < -0.39 is 6.10 Å². The molecule has 0 radical (unpaired) electrons. The maximum Gasteiger partial charge on any atom is 0.263 e. The highest BCUT2D eigenvalue weighted by atomic mass is 16.5. The first-order chi connectivity index (χ1) is 10.0. The highest BCUT2D eigenvalue weighted by Gasteiger charge is 2.24. The van der Waals surface area contributed by atoms with Gasteiger partial charge in [-0.3, -0.25) is 4.79 Å². The molecule has 0 spiro atoms. The fourth-order valence-electron chi connectivity index (χ4n) is 1.93. The Balaban J connectivity index is 2.82. The number of rotatable bonds is 6. The Hall–Kier alpha value is -2.53. The summed E-state index contributed by atoms with van der Waals surface area (Å²) in [5.41, 5.74) is 0.394. The van der Waals surface area contributed by atoms with Crippen molar-refractivity contribution >= 4 is 5.91 Å². The van der Waals surface area contributed by atoms with Gasteiger partial charge in [0, 0.05) is 12.6 Å². The Morgan fingerprint density at radius 3 is 2.52 bits per heavy atom. The normalized spacial score (nSPS) is 11.3. The fraction of sp³-hybridized carbons (Fsp3) is 0.438. The predicted molar refractivity (Wildman–Crippen MR) is 78.3 cm³/mol. The molecular weight excluding hydrogens is 266 g/mol. The number of nitrogens with zero attached hydrogens (tertiary/aromatic N) is 3. The number of nitriles is 2. The van der Waals surface area contributed by atoms with Crippen molar-refractivity contribution in [2.24, 2.45) is 0 Å². The van der Waals surface area contributed by atoms with Crippen LogP contribution in [0, 0.1) is 22.7 Å². The van der Waals surface area contributed by atoms with E-state index in [1.165, 1.54) is 0 Å². The molecule has 0 aliphatic heterocycles. The summed E-state index contributed by atoms with van der Waals surface area (Å²) in [5.74, 6) is 0.206. The molecule has 1 atom stereocenters. The van der Waals surface area contributed by atoms with Gasteiger partial charge in [-0.2, -0.15) is 10.5 Å². The van der Waals surface area contributed by atoms with Crippen LogP contribution in [0.1, 0.15) is 32.8 Å². The molecule has 0 fully saturated rings. The number of para-hydroxylation sites is 1. The summed E-state index contributed by atoms with van der Waals surface area (Å²) in [4.78, 5) is 14.0. The summed E-state index contributed by atoms with van der Waals surface area (Å²) in [6.07, 6.45) is -0.425. The lowest BCUT2D eigenvalue weighted by molar-refractivity contribution is -0.139. The summed E-state index contributed by atoms with van der Waals surface area (Å²) < 4.78 is 5.61. The molecule has 5 heteroatoms. The SMILES string of the molecule is CC(C)N(CCC#N)C(=O)[C@@H](C)Oc1ccccc1C#N. The number of hydrogen-bond donors (Lipinski definition) is 0. The first-order valence-electron chi connectivity index (χ1n) is 6.84. The molecule has 1 amide bonds. The molecule has 0 bridgehead atoms. The second-order valence-electron chi connectivity index (χ2n) is 4.90. The Kier molecular flexibility index (Phi) is 6.23. The predicted octanol–water partition coefficient (Wildman–Crippen LogP) is 2.48. The minimum atomic E-state index is -0.708. The minimum Gasteiger partial charge on any atom is -0.480 e. The van der Waals surface area contributed by atoms with E-state index in [9.17, 15) is 4.79 Å². The summed E-state index contributed by atoms with van der Waals surface area (Å²) in [7, 11) is 0. The third kappa shape index (κ3) is 4.50. The van der Waals surface area contributed by atoms with E-state index in [1.807, 2.05) is 26.0 Å². The molecule has 5 nitrogen and oxygen atoms in total. The van der Waals surface area contributed by atoms with Gasteiger partial charge in [0.15, 0.2) is 6.10 Å². The lowest BCUT2D eigenvalue weighted by Crippen LogP contribution is -2.44. The van der Waals surface area contributed by atoms with E-state index in [0.717, 1.165) is 0 Å². The van der Waals surface area contributed by atoms with Crippen molar-refractivity contribution in [2.45, 2.75) is 39.3 Å². The Labute approximate surface area is 125 Å². The van der Waals surface area contributed by atoms with Crippen molar-refractivity contribution in [3.05, 3.63) is 29.8 Å². The number of carbonyl (C=O) groups excluding carboxylic acids is 1. The van der Waals surface area contributed by atoms with Gasteiger partial charge in [-0.1, -0.05) is 12.1 Å². The maximum absolute atomic E-state index is 12.4.